The molecule has 2 aromatic heterocycles. The van der Waals surface area contributed by atoms with Crippen molar-refractivity contribution in [2.75, 3.05) is 23.1 Å². The van der Waals surface area contributed by atoms with E-state index in [1.165, 1.54) is 23.1 Å². The van der Waals surface area contributed by atoms with Crippen molar-refractivity contribution < 1.29 is 14.3 Å². The van der Waals surface area contributed by atoms with E-state index in [-0.39, 0.29) is 34.3 Å². The number of amides is 1. The van der Waals surface area contributed by atoms with Gasteiger partial charge in [-0.15, -0.1) is 10.2 Å². The molecule has 3 heterocycles. The molecule has 1 aromatic carbocycles. The lowest BCUT2D eigenvalue weighted by Gasteiger charge is -2.42. The first-order chi connectivity index (χ1) is 19.2. The minimum atomic E-state index is -0.603. The van der Waals surface area contributed by atoms with Gasteiger partial charge in [-0.3, -0.25) is 19.5 Å². The Morgan fingerprint density at radius 3 is 2.80 bits per heavy atom. The molecule has 0 saturated heterocycles. The predicted molar refractivity (Wildman–Crippen MR) is 154 cm³/mol. The summed E-state index contributed by atoms with van der Waals surface area (Å²) < 4.78 is 5.84. The van der Waals surface area contributed by atoms with Crippen LogP contribution in [-0.2, 0) is 9.59 Å². The van der Waals surface area contributed by atoms with Gasteiger partial charge in [0.05, 0.1) is 36.1 Å². The molecule has 0 fully saturated rings. The molecule has 204 valence electrons. The van der Waals surface area contributed by atoms with E-state index >= 15 is 0 Å². The fraction of sp³-hybridized carbons (Fsp3) is 0.286. The number of thioether (sulfide) groups is 1. The van der Waals surface area contributed by atoms with Crippen molar-refractivity contribution in [2.45, 2.75) is 36.9 Å². The van der Waals surface area contributed by atoms with E-state index < -0.39 is 5.92 Å². The summed E-state index contributed by atoms with van der Waals surface area (Å²) >= 11 is 2.48. The van der Waals surface area contributed by atoms with Crippen molar-refractivity contribution >= 4 is 45.6 Å². The summed E-state index contributed by atoms with van der Waals surface area (Å²) in [5.41, 5.74) is 9.18. The van der Waals surface area contributed by atoms with Crippen LogP contribution in [0.15, 0.2) is 75.8 Å². The van der Waals surface area contributed by atoms with E-state index in [2.05, 4.69) is 26.6 Å². The standard InChI is InChI=1S/C28H27N7O3S2/c1-28(2)11-19-24(20(36)12-28)23(16-7-6-10-31-14-16)17(13-29)25(30)35(19)26-33-34-27(40-26)39-15-22(37)32-18-8-4-5-9-21(18)38-3/h4-10,14,23H,11-12,15,30H2,1-3H3,(H,32,37). The molecular formula is C28H27N7O3S2. The van der Waals surface area contributed by atoms with E-state index in [1.807, 2.05) is 32.0 Å². The second kappa shape index (κ2) is 11.1. The molecule has 0 saturated carbocycles. The van der Waals surface area contributed by atoms with Crippen molar-refractivity contribution in [1.82, 2.24) is 15.2 Å². The fourth-order valence-corrected chi connectivity index (χ4v) is 6.70. The van der Waals surface area contributed by atoms with Crippen molar-refractivity contribution in [3.05, 3.63) is 77.0 Å². The highest BCUT2D eigenvalue weighted by molar-refractivity contribution is 8.01. The summed E-state index contributed by atoms with van der Waals surface area (Å²) in [6.45, 7) is 4.07. The Balaban J connectivity index is 1.44. The molecule has 3 N–H and O–H groups in total. The van der Waals surface area contributed by atoms with Gasteiger partial charge in [0.2, 0.25) is 11.0 Å². The normalized spacial score (nSPS) is 18.3. The van der Waals surface area contributed by atoms with E-state index in [4.69, 9.17) is 10.5 Å². The van der Waals surface area contributed by atoms with Crippen LogP contribution in [0.1, 0.15) is 38.2 Å². The molecule has 1 atom stereocenters. The quantitative estimate of drug-likeness (QED) is 0.384. The number of nitrogens with one attached hydrogen (secondary N) is 1. The van der Waals surface area contributed by atoms with Gasteiger partial charge in [0.1, 0.15) is 11.6 Å². The average Bonchev–Trinajstić information content (AvgIpc) is 3.40. The summed E-state index contributed by atoms with van der Waals surface area (Å²) in [5.74, 6) is 0.0237. The number of hydrogen-bond donors (Lipinski definition) is 2. The van der Waals surface area contributed by atoms with Crippen LogP contribution in [0.2, 0.25) is 0 Å². The van der Waals surface area contributed by atoms with Gasteiger partial charge in [0.25, 0.3) is 0 Å². The van der Waals surface area contributed by atoms with Crippen LogP contribution in [0.5, 0.6) is 5.75 Å². The highest BCUT2D eigenvalue weighted by atomic mass is 32.2. The average molecular weight is 574 g/mol. The molecule has 1 unspecified atom stereocenters. The van der Waals surface area contributed by atoms with Crippen LogP contribution >= 0.6 is 23.1 Å². The highest BCUT2D eigenvalue weighted by Crippen LogP contribution is 2.50. The number of pyridine rings is 1. The third kappa shape index (κ3) is 5.30. The van der Waals surface area contributed by atoms with Crippen LogP contribution < -0.4 is 20.7 Å². The van der Waals surface area contributed by atoms with Crippen LogP contribution in [-0.4, -0.2) is 39.7 Å². The van der Waals surface area contributed by atoms with Crippen LogP contribution in [0.3, 0.4) is 0 Å². The summed E-state index contributed by atoms with van der Waals surface area (Å²) in [5, 5.41) is 22.1. The summed E-state index contributed by atoms with van der Waals surface area (Å²) in [4.78, 5) is 32.1. The third-order valence-electron chi connectivity index (χ3n) is 6.69. The second-order valence-corrected chi connectivity index (χ2v) is 12.3. The number of Topliss-reactive ketones (excluding diaryl/α,β-unsaturated/α-hetero) is 1. The molecule has 0 bridgehead atoms. The lowest BCUT2D eigenvalue weighted by atomic mass is 9.69. The number of nitrogens with zero attached hydrogens (tertiary/aromatic N) is 5. The van der Waals surface area contributed by atoms with E-state index in [0.717, 1.165) is 5.56 Å². The Bertz CT molecular complexity index is 1570. The van der Waals surface area contributed by atoms with Gasteiger partial charge in [-0.1, -0.05) is 55.1 Å². The lowest BCUT2D eigenvalue weighted by Crippen LogP contribution is -2.42. The first-order valence-corrected chi connectivity index (χ1v) is 14.3. The van der Waals surface area contributed by atoms with E-state index in [1.54, 1.807) is 42.6 Å². The number of carbonyl (C=O) groups excluding carboxylic acids is 2. The number of ketones is 1. The van der Waals surface area contributed by atoms with Crippen molar-refractivity contribution in [2.24, 2.45) is 11.1 Å². The number of nitriles is 1. The van der Waals surface area contributed by atoms with Gasteiger partial charge in [0.15, 0.2) is 10.1 Å². The van der Waals surface area contributed by atoms with Gasteiger partial charge in [0, 0.05) is 30.1 Å². The number of methoxy groups -OCH3 is 1. The molecule has 40 heavy (non-hydrogen) atoms. The SMILES string of the molecule is COc1ccccc1NC(=O)CSc1nnc(N2C(N)=C(C#N)C(c3cccnc3)C3=C2CC(C)(C)CC3=O)s1. The Labute approximate surface area is 239 Å². The number of benzene rings is 1. The number of aromatic nitrogens is 3. The van der Waals surface area contributed by atoms with E-state index in [9.17, 15) is 14.9 Å². The number of hydrogen-bond acceptors (Lipinski definition) is 11. The molecule has 5 rings (SSSR count). The van der Waals surface area contributed by atoms with Gasteiger partial charge in [-0.25, -0.2) is 0 Å². The maximum Gasteiger partial charge on any atom is 0.234 e. The highest BCUT2D eigenvalue weighted by Gasteiger charge is 2.45. The number of nitrogens with two attached hydrogens (primary N) is 1. The molecular weight excluding hydrogens is 546 g/mol. The molecule has 1 aliphatic carbocycles. The maximum absolute atomic E-state index is 13.6. The predicted octanol–water partition coefficient (Wildman–Crippen LogP) is 4.61. The minimum absolute atomic E-state index is 0.0301. The van der Waals surface area contributed by atoms with Crippen LogP contribution in [0.4, 0.5) is 10.8 Å². The molecule has 2 aliphatic rings. The Morgan fingerprint density at radius 2 is 2.08 bits per heavy atom. The molecule has 1 aliphatic heterocycles. The Kier molecular flexibility index (Phi) is 7.60. The molecule has 0 spiro atoms. The molecule has 10 nitrogen and oxygen atoms in total. The largest absolute Gasteiger partial charge is 0.495 e. The molecule has 0 radical (unpaired) electrons. The summed E-state index contributed by atoms with van der Waals surface area (Å²) in [6.07, 6.45) is 4.23. The number of para-hydroxylation sites is 2. The summed E-state index contributed by atoms with van der Waals surface area (Å²) in [6, 6.07) is 13.0. The van der Waals surface area contributed by atoms with Crippen molar-refractivity contribution in [3.63, 3.8) is 0 Å². The second-order valence-electron chi connectivity index (χ2n) is 10.2. The molecule has 3 aromatic rings. The zero-order valence-electron chi connectivity index (χ0n) is 22.2. The number of rotatable bonds is 7. The van der Waals surface area contributed by atoms with Crippen molar-refractivity contribution in [3.8, 4) is 11.8 Å². The van der Waals surface area contributed by atoms with Crippen LogP contribution in [0.25, 0.3) is 0 Å². The van der Waals surface area contributed by atoms with Gasteiger partial charge in [-0.2, -0.15) is 5.26 Å². The third-order valence-corrected chi connectivity index (χ3v) is 8.74. The lowest BCUT2D eigenvalue weighted by molar-refractivity contribution is -0.118. The number of anilines is 2. The first kappa shape index (κ1) is 27.4. The zero-order chi connectivity index (χ0) is 28.4. The van der Waals surface area contributed by atoms with Crippen LogP contribution in [0, 0.1) is 16.7 Å². The Morgan fingerprint density at radius 1 is 1.27 bits per heavy atom. The van der Waals surface area contributed by atoms with Gasteiger partial charge >= 0.3 is 0 Å². The van der Waals surface area contributed by atoms with E-state index in [0.29, 0.717) is 45.0 Å². The van der Waals surface area contributed by atoms with Gasteiger partial charge in [-0.05, 0) is 35.6 Å². The van der Waals surface area contributed by atoms with Crippen molar-refractivity contribution in [1.29, 1.82) is 5.26 Å². The first-order valence-electron chi connectivity index (χ1n) is 12.5. The zero-order valence-corrected chi connectivity index (χ0v) is 23.8. The maximum atomic E-state index is 13.6. The number of allylic oxidation sites excluding steroid dienone is 3. The topological polar surface area (TPSA) is 147 Å². The monoisotopic (exact) mass is 573 g/mol. The smallest absolute Gasteiger partial charge is 0.234 e. The fourth-order valence-electron chi connectivity index (χ4n) is 5.02. The number of carbonyl (C=O) groups is 2. The molecule has 1 amide bonds. The number of ether oxygens (including phenoxy) is 1. The minimum Gasteiger partial charge on any atom is -0.495 e. The Hall–Kier alpha value is -4.21. The molecule has 12 heteroatoms. The summed E-state index contributed by atoms with van der Waals surface area (Å²) in [7, 11) is 1.54. The van der Waals surface area contributed by atoms with Gasteiger partial charge < -0.3 is 15.8 Å².